The van der Waals surface area contributed by atoms with Crippen LogP contribution in [0.2, 0.25) is 0 Å². The van der Waals surface area contributed by atoms with Crippen molar-refractivity contribution in [1.82, 2.24) is 0 Å². The van der Waals surface area contributed by atoms with E-state index < -0.39 is 0 Å². The van der Waals surface area contributed by atoms with E-state index >= 15 is 0 Å². The summed E-state index contributed by atoms with van der Waals surface area (Å²) in [7, 11) is 0. The summed E-state index contributed by atoms with van der Waals surface area (Å²) >= 11 is 2.71. The largest absolute Gasteiger partial charge is 0.282 e. The van der Waals surface area contributed by atoms with Gasteiger partial charge >= 0.3 is 0 Å². The topological polar surface area (TPSA) is 46.5 Å². The van der Waals surface area contributed by atoms with Gasteiger partial charge in [0.2, 0.25) is 4.69 Å². The van der Waals surface area contributed by atoms with Crippen molar-refractivity contribution in [1.29, 1.82) is 0 Å². The second-order valence-electron chi connectivity index (χ2n) is 1.90. The van der Waals surface area contributed by atoms with Crippen LogP contribution >= 0.6 is 15.9 Å². The highest BCUT2D eigenvalue weighted by Crippen LogP contribution is 1.97. The van der Waals surface area contributed by atoms with Gasteiger partial charge in [0.05, 0.1) is 6.04 Å². The number of carbonyl (C=O) groups is 1. The number of carbonyl (C=O) groups excluding carboxylic acids is 1. The lowest BCUT2D eigenvalue weighted by Gasteiger charge is -1.92. The van der Waals surface area contributed by atoms with Gasteiger partial charge < -0.3 is 0 Å². The van der Waals surface area contributed by atoms with Crippen LogP contribution in [0, 0.1) is 4.91 Å². The summed E-state index contributed by atoms with van der Waals surface area (Å²) in [6.07, 6.45) is 3.49. The van der Waals surface area contributed by atoms with E-state index in [2.05, 4.69) is 21.1 Å². The Bertz CT molecular complexity index is 156. The van der Waals surface area contributed by atoms with Crippen LogP contribution in [-0.2, 0) is 4.79 Å². The highest BCUT2D eigenvalue weighted by Gasteiger charge is 1.95. The van der Waals surface area contributed by atoms with E-state index in [9.17, 15) is 9.70 Å². The van der Waals surface area contributed by atoms with Crippen LogP contribution in [0.1, 0.15) is 13.3 Å². The molecule has 0 N–H and O–H groups in total. The molecule has 0 rings (SSSR count). The average Bonchev–Trinajstić information content (AvgIpc) is 1.87. The molecule has 4 heteroatoms. The first-order valence-corrected chi connectivity index (χ1v) is 3.64. The van der Waals surface area contributed by atoms with Crippen molar-refractivity contribution in [2.24, 2.45) is 5.18 Å². The maximum absolute atomic E-state index is 10.2. The van der Waals surface area contributed by atoms with Crippen molar-refractivity contribution >= 4 is 20.6 Å². The van der Waals surface area contributed by atoms with Crippen molar-refractivity contribution in [3.63, 3.8) is 0 Å². The Morgan fingerprint density at radius 1 is 1.80 bits per heavy atom. The van der Waals surface area contributed by atoms with Crippen LogP contribution in [0.25, 0.3) is 0 Å². The van der Waals surface area contributed by atoms with Gasteiger partial charge in [-0.1, -0.05) is 11.3 Å². The minimum atomic E-state index is -0.247. The molecule has 0 aromatic carbocycles. The molecule has 3 nitrogen and oxygen atoms in total. The minimum absolute atomic E-state index is 0.189. The van der Waals surface area contributed by atoms with Crippen LogP contribution in [0.5, 0.6) is 0 Å². The number of hydrogen-bond donors (Lipinski definition) is 0. The summed E-state index contributed by atoms with van der Waals surface area (Å²) in [5, 5.41) is 2.76. The van der Waals surface area contributed by atoms with Crippen molar-refractivity contribution in [2.45, 2.75) is 19.4 Å². The normalized spacial score (nSPS) is 13.4. The fourth-order valence-corrected chi connectivity index (χ4v) is 0.588. The molecule has 10 heavy (non-hydrogen) atoms. The molecule has 1 unspecified atom stereocenters. The minimum Gasteiger partial charge on any atom is -0.282 e. The van der Waals surface area contributed by atoms with E-state index in [1.165, 1.54) is 6.08 Å². The molecule has 56 valence electrons. The Kier molecular flexibility index (Phi) is 5.02. The number of halogens is 1. The summed E-state index contributed by atoms with van der Waals surface area (Å²) in [5.74, 6) is 0. The second-order valence-corrected chi connectivity index (χ2v) is 2.68. The standard InChI is InChI=1S/C6H8BrNO2/c1-5(8-10)3-2-4-6(7)9/h2,4-5H,3H2,1H3/b4-2-. The lowest BCUT2D eigenvalue weighted by atomic mass is 10.2. The molecule has 1 atom stereocenters. The third kappa shape index (κ3) is 5.62. The zero-order chi connectivity index (χ0) is 7.98. The molecule has 0 radical (unpaired) electrons. The van der Waals surface area contributed by atoms with Crippen LogP contribution in [0.15, 0.2) is 17.3 Å². The van der Waals surface area contributed by atoms with E-state index in [0.29, 0.717) is 6.42 Å². The predicted octanol–water partition coefficient (Wildman–Crippen LogP) is 2.01. The first kappa shape index (κ1) is 9.49. The molecule has 0 aromatic rings. The highest BCUT2D eigenvalue weighted by atomic mass is 79.9. The van der Waals surface area contributed by atoms with Crippen molar-refractivity contribution in [3.8, 4) is 0 Å². The number of nitrogens with zero attached hydrogens (tertiary/aromatic N) is 1. The van der Waals surface area contributed by atoms with Crippen molar-refractivity contribution in [3.05, 3.63) is 17.1 Å². The zero-order valence-electron chi connectivity index (χ0n) is 5.58. The Balaban J connectivity index is 3.52. The second kappa shape index (κ2) is 5.29. The molecule has 0 aliphatic rings. The highest BCUT2D eigenvalue weighted by molar-refractivity contribution is 9.18. The fraction of sp³-hybridized carbons (Fsp3) is 0.500. The summed E-state index contributed by atoms with van der Waals surface area (Å²) in [4.78, 5) is 20.0. The molecule has 0 aliphatic carbocycles. The molecule has 0 heterocycles. The monoisotopic (exact) mass is 205 g/mol. The lowest BCUT2D eigenvalue weighted by Crippen LogP contribution is -1.92. The Hall–Kier alpha value is -0.510. The van der Waals surface area contributed by atoms with Gasteiger partial charge in [-0.2, -0.15) is 4.91 Å². The lowest BCUT2D eigenvalue weighted by molar-refractivity contribution is -0.106. The molecule has 0 saturated carbocycles. The SMILES string of the molecule is CC(C/C=C\C(=O)Br)N=O. The van der Waals surface area contributed by atoms with Gasteiger partial charge in [-0.3, -0.25) is 4.79 Å². The number of allylic oxidation sites excluding steroid dienone is 1. The summed E-state index contributed by atoms with van der Waals surface area (Å²) in [6.45, 7) is 1.69. The molecule has 0 spiro atoms. The Morgan fingerprint density at radius 2 is 2.40 bits per heavy atom. The van der Waals surface area contributed by atoms with Gasteiger partial charge in [-0.25, -0.2) is 0 Å². The molecule has 0 fully saturated rings. The maximum atomic E-state index is 10.2. The molecule has 0 aromatic heterocycles. The maximum Gasteiger partial charge on any atom is 0.220 e. The summed E-state index contributed by atoms with van der Waals surface area (Å²) in [5.41, 5.74) is 0. The predicted molar refractivity (Wildman–Crippen MR) is 42.9 cm³/mol. The fourth-order valence-electron chi connectivity index (χ4n) is 0.401. The number of hydrogen-bond acceptors (Lipinski definition) is 3. The molecular formula is C6H8BrNO2. The summed E-state index contributed by atoms with van der Waals surface area (Å²) in [6, 6.07) is -0.247. The van der Waals surface area contributed by atoms with Gasteiger partial charge in [-0.15, -0.1) is 0 Å². The van der Waals surface area contributed by atoms with Gasteiger partial charge in [0.1, 0.15) is 0 Å². The third-order valence-corrected chi connectivity index (χ3v) is 1.17. The van der Waals surface area contributed by atoms with Crippen molar-refractivity contribution in [2.75, 3.05) is 0 Å². The van der Waals surface area contributed by atoms with E-state index in [1.807, 2.05) is 0 Å². The zero-order valence-corrected chi connectivity index (χ0v) is 7.17. The summed E-state index contributed by atoms with van der Waals surface area (Å²) < 4.78 is -0.189. The van der Waals surface area contributed by atoms with Crippen molar-refractivity contribution < 1.29 is 4.79 Å². The molecule has 0 aliphatic heterocycles. The average molecular weight is 206 g/mol. The Labute approximate surface area is 67.6 Å². The van der Waals surface area contributed by atoms with E-state index in [4.69, 9.17) is 0 Å². The van der Waals surface area contributed by atoms with E-state index in [0.717, 1.165) is 0 Å². The van der Waals surface area contributed by atoms with E-state index in [1.54, 1.807) is 13.0 Å². The first-order valence-electron chi connectivity index (χ1n) is 2.85. The van der Waals surface area contributed by atoms with Gasteiger partial charge in [-0.05, 0) is 35.4 Å². The molecular weight excluding hydrogens is 198 g/mol. The molecule has 0 saturated heterocycles. The van der Waals surface area contributed by atoms with Gasteiger partial charge in [0.15, 0.2) is 0 Å². The van der Waals surface area contributed by atoms with Gasteiger partial charge in [0.25, 0.3) is 0 Å². The smallest absolute Gasteiger partial charge is 0.220 e. The van der Waals surface area contributed by atoms with Crippen LogP contribution in [0.3, 0.4) is 0 Å². The molecule has 0 amide bonds. The number of nitroso groups, excluding NO2 is 1. The first-order chi connectivity index (χ1) is 4.66. The third-order valence-electron chi connectivity index (χ3n) is 0.906. The Morgan fingerprint density at radius 3 is 2.80 bits per heavy atom. The molecule has 0 bridgehead atoms. The van der Waals surface area contributed by atoms with Crippen LogP contribution < -0.4 is 0 Å². The quantitative estimate of drug-likeness (QED) is 0.401. The van der Waals surface area contributed by atoms with E-state index in [-0.39, 0.29) is 10.7 Å². The van der Waals surface area contributed by atoms with Crippen LogP contribution in [-0.4, -0.2) is 10.7 Å². The number of rotatable bonds is 4. The van der Waals surface area contributed by atoms with Crippen LogP contribution in [0.4, 0.5) is 0 Å². The van der Waals surface area contributed by atoms with Gasteiger partial charge in [0, 0.05) is 0 Å².